The monoisotopic (exact) mass is 368 g/mol. The highest BCUT2D eigenvalue weighted by molar-refractivity contribution is 7.13. The molecule has 0 amide bonds. The second-order valence-corrected chi connectivity index (χ2v) is 6.59. The molecule has 3 aromatic rings. The number of benzene rings is 2. The zero-order valence-electron chi connectivity index (χ0n) is 14.9. The average Bonchev–Trinajstić information content (AvgIpc) is 3.21. The maximum absolute atomic E-state index is 13.0. The number of ether oxygens (including phenoxy) is 3. The van der Waals surface area contributed by atoms with E-state index < -0.39 is 0 Å². The molecule has 3 rings (SSSR count). The maximum atomic E-state index is 13.0. The van der Waals surface area contributed by atoms with Gasteiger partial charge in [-0.2, -0.15) is 0 Å². The molecular formula is C21H20O4S. The Morgan fingerprint density at radius 1 is 0.885 bits per heavy atom. The lowest BCUT2D eigenvalue weighted by atomic mass is 9.98. The molecule has 0 unspecified atom stereocenters. The molecule has 0 saturated carbocycles. The Morgan fingerprint density at radius 2 is 1.58 bits per heavy atom. The van der Waals surface area contributed by atoms with Crippen LogP contribution in [0.3, 0.4) is 0 Å². The first-order valence-corrected chi connectivity index (χ1v) is 9.01. The second-order valence-electron chi connectivity index (χ2n) is 5.64. The van der Waals surface area contributed by atoms with Crippen LogP contribution < -0.4 is 14.2 Å². The van der Waals surface area contributed by atoms with Gasteiger partial charge >= 0.3 is 0 Å². The SMILES string of the molecule is COc1ccc(-c2cccs2)cc1CC(=O)c1c(OC)cccc1OC. The van der Waals surface area contributed by atoms with E-state index in [0.29, 0.717) is 22.8 Å². The first-order valence-electron chi connectivity index (χ1n) is 8.13. The van der Waals surface area contributed by atoms with Gasteiger partial charge < -0.3 is 14.2 Å². The van der Waals surface area contributed by atoms with Gasteiger partial charge in [0.25, 0.3) is 0 Å². The molecule has 5 heteroatoms. The van der Waals surface area contributed by atoms with Crippen molar-refractivity contribution in [3.05, 3.63) is 65.0 Å². The molecule has 1 heterocycles. The smallest absolute Gasteiger partial charge is 0.174 e. The fraction of sp³-hybridized carbons (Fsp3) is 0.190. The summed E-state index contributed by atoms with van der Waals surface area (Å²) >= 11 is 1.66. The summed E-state index contributed by atoms with van der Waals surface area (Å²) in [6, 6.07) is 15.3. The lowest BCUT2D eigenvalue weighted by molar-refractivity contribution is 0.0986. The van der Waals surface area contributed by atoms with Crippen LogP contribution in [-0.2, 0) is 6.42 Å². The Kier molecular flexibility index (Phi) is 5.58. The zero-order chi connectivity index (χ0) is 18.5. The summed E-state index contributed by atoms with van der Waals surface area (Å²) in [5, 5.41) is 2.03. The van der Waals surface area contributed by atoms with Crippen LogP contribution >= 0.6 is 11.3 Å². The minimum atomic E-state index is -0.0825. The molecule has 0 aliphatic carbocycles. The Labute approximate surface area is 157 Å². The lowest BCUT2D eigenvalue weighted by Crippen LogP contribution is -2.09. The topological polar surface area (TPSA) is 44.8 Å². The van der Waals surface area contributed by atoms with Crippen molar-refractivity contribution in [1.82, 2.24) is 0 Å². The van der Waals surface area contributed by atoms with Crippen LogP contribution in [-0.4, -0.2) is 27.1 Å². The van der Waals surface area contributed by atoms with Crippen molar-refractivity contribution in [2.45, 2.75) is 6.42 Å². The number of hydrogen-bond acceptors (Lipinski definition) is 5. The number of ketones is 1. The number of hydrogen-bond donors (Lipinski definition) is 0. The fourth-order valence-electron chi connectivity index (χ4n) is 2.90. The Morgan fingerprint density at radius 3 is 2.15 bits per heavy atom. The number of carbonyl (C=O) groups is 1. The highest BCUT2D eigenvalue weighted by Gasteiger charge is 2.20. The largest absolute Gasteiger partial charge is 0.496 e. The quantitative estimate of drug-likeness (QED) is 0.558. The molecule has 0 N–H and O–H groups in total. The van der Waals surface area contributed by atoms with Crippen molar-refractivity contribution in [3.8, 4) is 27.7 Å². The van der Waals surface area contributed by atoms with Gasteiger partial charge in [-0.25, -0.2) is 0 Å². The van der Waals surface area contributed by atoms with Gasteiger partial charge in [0.1, 0.15) is 22.8 Å². The van der Waals surface area contributed by atoms with Gasteiger partial charge in [-0.05, 0) is 47.3 Å². The molecule has 0 saturated heterocycles. The van der Waals surface area contributed by atoms with Gasteiger partial charge in [0.2, 0.25) is 0 Å². The summed E-state index contributed by atoms with van der Waals surface area (Å²) < 4.78 is 16.2. The van der Waals surface area contributed by atoms with E-state index in [2.05, 4.69) is 6.07 Å². The summed E-state index contributed by atoms with van der Waals surface area (Å²) in [5.41, 5.74) is 2.34. The minimum absolute atomic E-state index is 0.0825. The summed E-state index contributed by atoms with van der Waals surface area (Å²) in [4.78, 5) is 14.2. The lowest BCUT2D eigenvalue weighted by Gasteiger charge is -2.14. The van der Waals surface area contributed by atoms with E-state index >= 15 is 0 Å². The molecule has 26 heavy (non-hydrogen) atoms. The molecular weight excluding hydrogens is 348 g/mol. The third-order valence-electron chi connectivity index (χ3n) is 4.14. The van der Waals surface area contributed by atoms with Crippen molar-refractivity contribution < 1.29 is 19.0 Å². The first-order chi connectivity index (χ1) is 12.7. The Bertz CT molecular complexity index is 878. The Balaban J connectivity index is 1.98. The van der Waals surface area contributed by atoms with Gasteiger partial charge in [-0.1, -0.05) is 12.1 Å². The zero-order valence-corrected chi connectivity index (χ0v) is 15.8. The van der Waals surface area contributed by atoms with Crippen molar-refractivity contribution >= 4 is 17.1 Å². The first kappa shape index (κ1) is 18.0. The van der Waals surface area contributed by atoms with Crippen LogP contribution in [0.15, 0.2) is 53.9 Å². The number of thiophene rings is 1. The van der Waals surface area contributed by atoms with E-state index in [1.54, 1.807) is 50.9 Å². The molecule has 0 atom stereocenters. The summed E-state index contributed by atoms with van der Waals surface area (Å²) in [5.74, 6) is 1.61. The van der Waals surface area contributed by atoms with Gasteiger partial charge in [-0.3, -0.25) is 4.79 Å². The van der Waals surface area contributed by atoms with E-state index in [1.165, 1.54) is 0 Å². The highest BCUT2D eigenvalue weighted by atomic mass is 32.1. The van der Waals surface area contributed by atoms with Crippen LogP contribution in [0, 0.1) is 0 Å². The number of carbonyl (C=O) groups excluding carboxylic acids is 1. The van der Waals surface area contributed by atoms with Crippen LogP contribution in [0.5, 0.6) is 17.2 Å². The second kappa shape index (κ2) is 8.06. The number of rotatable bonds is 7. The third-order valence-corrected chi connectivity index (χ3v) is 5.06. The van der Waals surface area contributed by atoms with E-state index in [-0.39, 0.29) is 12.2 Å². The minimum Gasteiger partial charge on any atom is -0.496 e. The predicted molar refractivity (Wildman–Crippen MR) is 104 cm³/mol. The van der Waals surface area contributed by atoms with Crippen LogP contribution in [0.4, 0.5) is 0 Å². The fourth-order valence-corrected chi connectivity index (χ4v) is 3.62. The van der Waals surface area contributed by atoms with Crippen LogP contribution in [0.25, 0.3) is 10.4 Å². The maximum Gasteiger partial charge on any atom is 0.174 e. The Hall–Kier alpha value is -2.79. The molecule has 4 nitrogen and oxygen atoms in total. The van der Waals surface area contributed by atoms with Crippen molar-refractivity contribution in [2.24, 2.45) is 0 Å². The molecule has 0 fully saturated rings. The normalized spacial score (nSPS) is 10.4. The van der Waals surface area contributed by atoms with Crippen LogP contribution in [0.2, 0.25) is 0 Å². The molecule has 134 valence electrons. The van der Waals surface area contributed by atoms with E-state index in [4.69, 9.17) is 14.2 Å². The number of Topliss-reactive ketones (excluding diaryl/α,β-unsaturated/α-hetero) is 1. The average molecular weight is 368 g/mol. The molecule has 1 aromatic heterocycles. The highest BCUT2D eigenvalue weighted by Crippen LogP contribution is 2.33. The van der Waals surface area contributed by atoms with Crippen LogP contribution in [0.1, 0.15) is 15.9 Å². The molecule has 2 aromatic carbocycles. The van der Waals surface area contributed by atoms with E-state index in [9.17, 15) is 4.79 Å². The summed E-state index contributed by atoms with van der Waals surface area (Å²) in [6.45, 7) is 0. The molecule has 0 aliphatic heterocycles. The van der Waals surface area contributed by atoms with Crippen molar-refractivity contribution in [3.63, 3.8) is 0 Å². The van der Waals surface area contributed by atoms with Gasteiger partial charge in [0.05, 0.1) is 21.3 Å². The van der Waals surface area contributed by atoms with E-state index in [1.807, 2.05) is 29.6 Å². The van der Waals surface area contributed by atoms with Crippen molar-refractivity contribution in [2.75, 3.05) is 21.3 Å². The molecule has 0 spiro atoms. The summed E-state index contributed by atoms with van der Waals surface area (Å²) in [6.07, 6.45) is 0.194. The molecule has 0 bridgehead atoms. The standard InChI is InChI=1S/C21H20O4S/c1-23-17-10-9-14(20-8-5-11-26-20)12-15(17)13-16(22)21-18(24-2)6-4-7-19(21)25-3/h4-12H,13H2,1-3H3. The van der Waals surface area contributed by atoms with E-state index in [0.717, 1.165) is 16.0 Å². The third kappa shape index (κ3) is 3.58. The summed E-state index contributed by atoms with van der Waals surface area (Å²) in [7, 11) is 4.70. The van der Waals surface area contributed by atoms with Gasteiger partial charge in [0, 0.05) is 16.9 Å². The van der Waals surface area contributed by atoms with Gasteiger partial charge in [-0.15, -0.1) is 11.3 Å². The molecule has 0 radical (unpaired) electrons. The predicted octanol–water partition coefficient (Wildman–Crippen LogP) is 4.87. The van der Waals surface area contributed by atoms with Crippen molar-refractivity contribution in [1.29, 1.82) is 0 Å². The number of methoxy groups -OCH3 is 3. The molecule has 0 aliphatic rings. The van der Waals surface area contributed by atoms with Gasteiger partial charge in [0.15, 0.2) is 5.78 Å².